The molecule has 1 saturated heterocycles. The van der Waals surface area contributed by atoms with Crippen LogP contribution in [0.3, 0.4) is 0 Å². The number of halogens is 2. The molecule has 0 saturated carbocycles. The van der Waals surface area contributed by atoms with Gasteiger partial charge in [0.1, 0.15) is 5.82 Å². The van der Waals surface area contributed by atoms with Gasteiger partial charge < -0.3 is 4.90 Å². The summed E-state index contributed by atoms with van der Waals surface area (Å²) in [6.07, 6.45) is 3.43. The molecule has 0 aliphatic carbocycles. The van der Waals surface area contributed by atoms with Crippen molar-refractivity contribution < 1.29 is 4.39 Å². The summed E-state index contributed by atoms with van der Waals surface area (Å²) in [7, 11) is 0. The summed E-state index contributed by atoms with van der Waals surface area (Å²) in [5.41, 5.74) is 1.76. The van der Waals surface area contributed by atoms with Crippen LogP contribution in [0.2, 0.25) is 0 Å². The van der Waals surface area contributed by atoms with Crippen LogP contribution in [0.15, 0.2) is 18.2 Å². The van der Waals surface area contributed by atoms with Crippen molar-refractivity contribution in [1.82, 2.24) is 0 Å². The van der Waals surface area contributed by atoms with Gasteiger partial charge in [-0.1, -0.05) is 28.9 Å². The van der Waals surface area contributed by atoms with Crippen LogP contribution in [0.1, 0.15) is 38.7 Å². The predicted molar refractivity (Wildman–Crippen MR) is 74.3 cm³/mol. The van der Waals surface area contributed by atoms with Crippen molar-refractivity contribution in [3.05, 3.63) is 29.6 Å². The van der Waals surface area contributed by atoms with Crippen molar-refractivity contribution in [3.63, 3.8) is 0 Å². The van der Waals surface area contributed by atoms with E-state index in [1.165, 1.54) is 6.42 Å². The lowest BCUT2D eigenvalue weighted by atomic mass is 10.1. The van der Waals surface area contributed by atoms with Gasteiger partial charge in [0.05, 0.1) is 5.69 Å². The number of benzene rings is 1. The van der Waals surface area contributed by atoms with Crippen LogP contribution >= 0.6 is 15.9 Å². The normalized spacial score (nSPS) is 24.4. The van der Waals surface area contributed by atoms with Crippen LogP contribution in [0.5, 0.6) is 0 Å². The Hall–Kier alpha value is -0.570. The minimum absolute atomic E-state index is 0.0887. The topological polar surface area (TPSA) is 3.24 Å². The van der Waals surface area contributed by atoms with Crippen LogP contribution in [-0.2, 0) is 5.33 Å². The van der Waals surface area contributed by atoms with Crippen molar-refractivity contribution in [2.24, 2.45) is 0 Å². The summed E-state index contributed by atoms with van der Waals surface area (Å²) < 4.78 is 14.1. The maximum atomic E-state index is 14.1. The van der Waals surface area contributed by atoms with Crippen LogP contribution in [0.4, 0.5) is 10.1 Å². The van der Waals surface area contributed by atoms with E-state index in [4.69, 9.17) is 0 Å². The average molecular weight is 300 g/mol. The van der Waals surface area contributed by atoms with Gasteiger partial charge in [-0.25, -0.2) is 4.39 Å². The van der Waals surface area contributed by atoms with E-state index >= 15 is 0 Å². The molecule has 94 valence electrons. The van der Waals surface area contributed by atoms with Crippen molar-refractivity contribution in [2.45, 2.75) is 50.5 Å². The molecule has 1 heterocycles. The standard InChI is InChI=1S/C14H19BrFN/c1-3-12-6-4-10(2)17(12)14-7-5-11(9-15)8-13(14)16/h5,7-8,10,12H,3-4,6,9H2,1-2H3. The van der Waals surface area contributed by atoms with Crippen molar-refractivity contribution >= 4 is 21.6 Å². The van der Waals surface area contributed by atoms with Crippen molar-refractivity contribution in [3.8, 4) is 0 Å². The van der Waals surface area contributed by atoms with E-state index in [0.29, 0.717) is 17.4 Å². The second-order valence-electron chi connectivity index (χ2n) is 4.82. The quantitative estimate of drug-likeness (QED) is 0.744. The fourth-order valence-electron chi connectivity index (χ4n) is 2.75. The SMILES string of the molecule is CCC1CCC(C)N1c1ccc(CBr)cc1F. The molecule has 0 aromatic heterocycles. The maximum Gasteiger partial charge on any atom is 0.146 e. The van der Waals surface area contributed by atoms with Gasteiger partial charge in [0.25, 0.3) is 0 Å². The highest BCUT2D eigenvalue weighted by Crippen LogP contribution is 2.34. The Morgan fingerprint density at radius 2 is 2.18 bits per heavy atom. The summed E-state index contributed by atoms with van der Waals surface area (Å²) in [5.74, 6) is -0.0887. The van der Waals surface area contributed by atoms with Crippen LogP contribution in [-0.4, -0.2) is 12.1 Å². The summed E-state index contributed by atoms with van der Waals surface area (Å²) in [6.45, 7) is 4.37. The van der Waals surface area contributed by atoms with Crippen LogP contribution in [0, 0.1) is 5.82 Å². The minimum atomic E-state index is -0.0887. The fraction of sp³-hybridized carbons (Fsp3) is 0.571. The monoisotopic (exact) mass is 299 g/mol. The summed E-state index contributed by atoms with van der Waals surface area (Å²) in [5, 5.41) is 0.705. The lowest BCUT2D eigenvalue weighted by Gasteiger charge is -2.30. The van der Waals surface area contributed by atoms with E-state index in [-0.39, 0.29) is 5.82 Å². The molecule has 0 radical (unpaired) electrons. The van der Waals surface area contributed by atoms with Crippen LogP contribution in [0.25, 0.3) is 0 Å². The molecule has 0 spiro atoms. The number of anilines is 1. The highest BCUT2D eigenvalue weighted by Gasteiger charge is 2.30. The average Bonchev–Trinajstić information content (AvgIpc) is 2.70. The first-order valence-electron chi connectivity index (χ1n) is 6.30. The Bertz CT molecular complexity index is 394. The van der Waals surface area contributed by atoms with E-state index in [1.54, 1.807) is 6.07 Å². The third kappa shape index (κ3) is 2.49. The first-order chi connectivity index (χ1) is 8.17. The number of rotatable bonds is 3. The summed E-state index contributed by atoms with van der Waals surface area (Å²) in [6, 6.07) is 6.52. The minimum Gasteiger partial charge on any atom is -0.363 e. The molecule has 1 aliphatic rings. The zero-order valence-corrected chi connectivity index (χ0v) is 12.0. The highest BCUT2D eigenvalue weighted by molar-refractivity contribution is 9.08. The van der Waals surface area contributed by atoms with Gasteiger partial charge in [-0.2, -0.15) is 0 Å². The Balaban J connectivity index is 2.32. The molecule has 3 heteroatoms. The Labute approximate surface area is 111 Å². The lowest BCUT2D eigenvalue weighted by Crippen LogP contribution is -2.34. The third-order valence-electron chi connectivity index (χ3n) is 3.70. The molecule has 2 rings (SSSR count). The molecule has 0 amide bonds. The maximum absolute atomic E-state index is 14.1. The predicted octanol–water partition coefficient (Wildman–Crippen LogP) is 4.49. The second kappa shape index (κ2) is 5.38. The molecular formula is C14H19BrFN. The van der Waals surface area contributed by atoms with Gasteiger partial charge in [0, 0.05) is 17.4 Å². The summed E-state index contributed by atoms with van der Waals surface area (Å²) in [4.78, 5) is 2.26. The van der Waals surface area contributed by atoms with Crippen LogP contribution < -0.4 is 4.90 Å². The number of alkyl halides is 1. The molecule has 2 unspecified atom stereocenters. The molecule has 17 heavy (non-hydrogen) atoms. The fourth-order valence-corrected chi connectivity index (χ4v) is 3.10. The Morgan fingerprint density at radius 1 is 1.41 bits per heavy atom. The molecule has 1 aromatic rings. The van der Waals surface area contributed by atoms with Gasteiger partial charge in [-0.3, -0.25) is 0 Å². The Morgan fingerprint density at radius 3 is 2.76 bits per heavy atom. The number of hydrogen-bond donors (Lipinski definition) is 0. The largest absolute Gasteiger partial charge is 0.363 e. The number of nitrogens with zero attached hydrogens (tertiary/aromatic N) is 1. The first-order valence-corrected chi connectivity index (χ1v) is 7.42. The van der Waals surface area contributed by atoms with E-state index < -0.39 is 0 Å². The smallest absolute Gasteiger partial charge is 0.146 e. The van der Waals surface area contributed by atoms with E-state index in [0.717, 1.165) is 24.1 Å². The van der Waals surface area contributed by atoms with E-state index in [2.05, 4.69) is 34.7 Å². The third-order valence-corrected chi connectivity index (χ3v) is 4.35. The van der Waals surface area contributed by atoms with Gasteiger partial charge in [0.2, 0.25) is 0 Å². The zero-order valence-electron chi connectivity index (χ0n) is 10.4. The molecule has 0 bridgehead atoms. The molecule has 2 atom stereocenters. The van der Waals surface area contributed by atoms with Gasteiger partial charge in [-0.05, 0) is 43.9 Å². The first kappa shape index (κ1) is 12.9. The van der Waals surface area contributed by atoms with Gasteiger partial charge >= 0.3 is 0 Å². The zero-order chi connectivity index (χ0) is 12.4. The van der Waals surface area contributed by atoms with E-state index in [9.17, 15) is 4.39 Å². The highest BCUT2D eigenvalue weighted by atomic mass is 79.9. The van der Waals surface area contributed by atoms with Crippen molar-refractivity contribution in [2.75, 3.05) is 4.90 Å². The molecule has 1 nitrogen and oxygen atoms in total. The molecule has 1 aromatic carbocycles. The van der Waals surface area contributed by atoms with Gasteiger partial charge in [-0.15, -0.1) is 0 Å². The van der Waals surface area contributed by atoms with Gasteiger partial charge in [0.15, 0.2) is 0 Å². The lowest BCUT2D eigenvalue weighted by molar-refractivity contribution is 0.581. The molecule has 0 N–H and O–H groups in total. The van der Waals surface area contributed by atoms with Crippen molar-refractivity contribution in [1.29, 1.82) is 0 Å². The number of hydrogen-bond acceptors (Lipinski definition) is 1. The summed E-state index contributed by atoms with van der Waals surface area (Å²) >= 11 is 3.36. The van der Waals surface area contributed by atoms with E-state index in [1.807, 2.05) is 12.1 Å². The molecule has 1 fully saturated rings. The molecule has 1 aliphatic heterocycles. The second-order valence-corrected chi connectivity index (χ2v) is 5.38. The Kier molecular flexibility index (Phi) is 4.08. The molecular weight excluding hydrogens is 281 g/mol.